The van der Waals surface area contributed by atoms with E-state index in [9.17, 15) is 4.79 Å². The maximum absolute atomic E-state index is 12.2. The second-order valence-electron chi connectivity index (χ2n) is 8.56. The molecule has 0 aromatic carbocycles. The average Bonchev–Trinajstić information content (AvgIpc) is 2.66. The molecule has 114 valence electrons. The smallest absolute Gasteiger partial charge is 0.136 e. The molecule has 0 heterocycles. The average molecular weight is 276 g/mol. The van der Waals surface area contributed by atoms with Gasteiger partial charge in [0.1, 0.15) is 5.78 Å². The van der Waals surface area contributed by atoms with Gasteiger partial charge in [0, 0.05) is 12.3 Å². The van der Waals surface area contributed by atoms with Crippen LogP contribution < -0.4 is 0 Å². The summed E-state index contributed by atoms with van der Waals surface area (Å²) in [5, 5.41) is 0. The Morgan fingerprint density at radius 1 is 1.35 bits per heavy atom. The summed E-state index contributed by atoms with van der Waals surface area (Å²) in [4.78, 5) is 12.2. The lowest BCUT2D eigenvalue weighted by Crippen LogP contribution is -2.37. The minimum Gasteiger partial charge on any atom is -0.299 e. The lowest BCUT2D eigenvalue weighted by Gasteiger charge is -2.40. The maximum atomic E-state index is 12.2. The molecule has 0 aromatic rings. The van der Waals surface area contributed by atoms with Crippen LogP contribution in [0.1, 0.15) is 79.6 Å². The van der Waals surface area contributed by atoms with Gasteiger partial charge >= 0.3 is 0 Å². The van der Waals surface area contributed by atoms with E-state index in [-0.39, 0.29) is 5.41 Å². The maximum Gasteiger partial charge on any atom is 0.136 e. The van der Waals surface area contributed by atoms with Crippen molar-refractivity contribution in [3.8, 4) is 0 Å². The predicted octanol–water partition coefficient (Wildman–Crippen LogP) is 5.54. The Morgan fingerprint density at radius 3 is 2.70 bits per heavy atom. The third-order valence-electron chi connectivity index (χ3n) is 5.77. The van der Waals surface area contributed by atoms with Crippen molar-refractivity contribution in [1.82, 2.24) is 0 Å². The van der Waals surface area contributed by atoms with E-state index in [1.54, 1.807) is 5.57 Å². The third-order valence-corrected chi connectivity index (χ3v) is 5.77. The minimum absolute atomic E-state index is 0.262. The Balaban J connectivity index is 2.05. The van der Waals surface area contributed by atoms with E-state index < -0.39 is 0 Å². The van der Waals surface area contributed by atoms with E-state index in [0.29, 0.717) is 23.0 Å². The van der Waals surface area contributed by atoms with Gasteiger partial charge in [-0.2, -0.15) is 0 Å². The molecular weight excluding hydrogens is 244 g/mol. The topological polar surface area (TPSA) is 17.1 Å². The Labute approximate surface area is 125 Å². The molecule has 0 bridgehead atoms. The zero-order chi connectivity index (χ0) is 15.0. The first-order chi connectivity index (χ1) is 9.24. The highest BCUT2D eigenvalue weighted by atomic mass is 16.1. The van der Waals surface area contributed by atoms with Gasteiger partial charge in [-0.3, -0.25) is 4.79 Å². The quantitative estimate of drug-likeness (QED) is 0.618. The number of carbonyl (C=O) groups excluding carboxylic acids is 1. The highest BCUT2D eigenvalue weighted by molar-refractivity contribution is 5.83. The number of hydrogen-bond acceptors (Lipinski definition) is 1. The van der Waals surface area contributed by atoms with Gasteiger partial charge in [-0.25, -0.2) is 0 Å². The van der Waals surface area contributed by atoms with Crippen LogP contribution in [0.3, 0.4) is 0 Å². The fourth-order valence-corrected chi connectivity index (χ4v) is 4.55. The van der Waals surface area contributed by atoms with E-state index in [1.165, 1.54) is 25.7 Å². The van der Waals surface area contributed by atoms with Gasteiger partial charge in [0.25, 0.3) is 0 Å². The molecule has 0 saturated heterocycles. The fourth-order valence-electron chi connectivity index (χ4n) is 4.55. The Bertz CT molecular complexity index is 398. The SMILES string of the molecule is CC(=CCCC(C)(C)C)C1CCC2C(=O)CCCC21C. The highest BCUT2D eigenvalue weighted by Crippen LogP contribution is 2.56. The number of rotatable bonds is 3. The molecule has 1 nitrogen and oxygen atoms in total. The van der Waals surface area contributed by atoms with Crippen LogP contribution in [0, 0.1) is 22.7 Å². The van der Waals surface area contributed by atoms with Crippen molar-refractivity contribution in [2.75, 3.05) is 0 Å². The number of hydrogen-bond donors (Lipinski definition) is 0. The van der Waals surface area contributed by atoms with Crippen LogP contribution in [0.5, 0.6) is 0 Å². The first-order valence-electron chi connectivity index (χ1n) is 8.43. The van der Waals surface area contributed by atoms with Crippen molar-refractivity contribution in [2.24, 2.45) is 22.7 Å². The molecule has 2 fully saturated rings. The van der Waals surface area contributed by atoms with Crippen LogP contribution in [0.25, 0.3) is 0 Å². The molecule has 2 aliphatic carbocycles. The molecule has 3 unspecified atom stereocenters. The number of allylic oxidation sites excluding steroid dienone is 2. The zero-order valence-electron chi connectivity index (χ0n) is 14.1. The summed E-state index contributed by atoms with van der Waals surface area (Å²) in [7, 11) is 0. The van der Waals surface area contributed by atoms with E-state index in [1.807, 2.05) is 0 Å². The largest absolute Gasteiger partial charge is 0.299 e. The molecule has 0 amide bonds. The standard InChI is InChI=1S/C19H32O/c1-14(8-6-12-18(2,3)4)15-10-11-16-17(20)9-7-13-19(15,16)5/h8,15-16H,6-7,9-13H2,1-5H3. The first-order valence-corrected chi connectivity index (χ1v) is 8.43. The molecule has 2 saturated carbocycles. The molecule has 2 aliphatic rings. The molecule has 1 heteroatoms. The van der Waals surface area contributed by atoms with Gasteiger partial charge in [-0.15, -0.1) is 0 Å². The first kappa shape index (κ1) is 15.8. The molecule has 0 aliphatic heterocycles. The summed E-state index contributed by atoms with van der Waals surface area (Å²) >= 11 is 0. The highest BCUT2D eigenvalue weighted by Gasteiger charge is 2.51. The molecule has 2 rings (SSSR count). The second-order valence-corrected chi connectivity index (χ2v) is 8.56. The van der Waals surface area contributed by atoms with Crippen molar-refractivity contribution in [3.63, 3.8) is 0 Å². The molecule has 0 spiro atoms. The Kier molecular flexibility index (Phi) is 4.47. The van der Waals surface area contributed by atoms with Crippen molar-refractivity contribution >= 4 is 5.78 Å². The van der Waals surface area contributed by atoms with Crippen LogP contribution in [0.15, 0.2) is 11.6 Å². The lowest BCUT2D eigenvalue weighted by atomic mass is 9.63. The van der Waals surface area contributed by atoms with Gasteiger partial charge in [0.05, 0.1) is 0 Å². The Morgan fingerprint density at radius 2 is 2.05 bits per heavy atom. The van der Waals surface area contributed by atoms with Gasteiger partial charge in [-0.1, -0.05) is 39.3 Å². The van der Waals surface area contributed by atoms with Gasteiger partial charge in [0.2, 0.25) is 0 Å². The zero-order valence-corrected chi connectivity index (χ0v) is 14.1. The number of ketones is 1. The monoisotopic (exact) mass is 276 g/mol. The third kappa shape index (κ3) is 3.18. The summed E-state index contributed by atoms with van der Waals surface area (Å²) in [6.07, 6.45) is 10.4. The van der Waals surface area contributed by atoms with Crippen molar-refractivity contribution in [1.29, 1.82) is 0 Å². The normalized spacial score (nSPS) is 35.2. The summed E-state index contributed by atoms with van der Waals surface area (Å²) in [6, 6.07) is 0. The molecule has 0 aromatic heterocycles. The Hall–Kier alpha value is -0.590. The van der Waals surface area contributed by atoms with Crippen molar-refractivity contribution in [3.05, 3.63) is 11.6 Å². The summed E-state index contributed by atoms with van der Waals surface area (Å²) < 4.78 is 0. The predicted molar refractivity (Wildman–Crippen MR) is 85.6 cm³/mol. The molecule has 0 N–H and O–H groups in total. The van der Waals surface area contributed by atoms with Gasteiger partial charge < -0.3 is 0 Å². The fraction of sp³-hybridized carbons (Fsp3) is 0.842. The molecule has 20 heavy (non-hydrogen) atoms. The summed E-state index contributed by atoms with van der Waals surface area (Å²) in [5.41, 5.74) is 2.23. The number of fused-ring (bicyclic) bond motifs is 1. The summed E-state index contributed by atoms with van der Waals surface area (Å²) in [5.74, 6) is 1.55. The van der Waals surface area contributed by atoms with E-state index >= 15 is 0 Å². The lowest BCUT2D eigenvalue weighted by molar-refractivity contribution is -0.129. The molecular formula is C19H32O. The van der Waals surface area contributed by atoms with Crippen LogP contribution >= 0.6 is 0 Å². The van der Waals surface area contributed by atoms with Crippen LogP contribution in [0.4, 0.5) is 0 Å². The van der Waals surface area contributed by atoms with Crippen molar-refractivity contribution < 1.29 is 4.79 Å². The van der Waals surface area contributed by atoms with Crippen LogP contribution in [-0.4, -0.2) is 5.78 Å². The van der Waals surface area contributed by atoms with Crippen LogP contribution in [-0.2, 0) is 4.79 Å². The van der Waals surface area contributed by atoms with E-state index in [4.69, 9.17) is 0 Å². The second kappa shape index (κ2) is 5.66. The molecule has 3 atom stereocenters. The van der Waals surface area contributed by atoms with E-state index in [0.717, 1.165) is 19.3 Å². The number of carbonyl (C=O) groups is 1. The minimum atomic E-state index is 0.262. The number of Topliss-reactive ketones (excluding diaryl/α,β-unsaturated/α-hetero) is 1. The van der Waals surface area contributed by atoms with Gasteiger partial charge in [0.15, 0.2) is 0 Å². The van der Waals surface area contributed by atoms with E-state index in [2.05, 4.69) is 40.7 Å². The van der Waals surface area contributed by atoms with Gasteiger partial charge in [-0.05, 0) is 62.2 Å². The van der Waals surface area contributed by atoms with Crippen LogP contribution in [0.2, 0.25) is 0 Å². The molecule has 0 radical (unpaired) electrons. The summed E-state index contributed by atoms with van der Waals surface area (Å²) in [6.45, 7) is 11.6. The van der Waals surface area contributed by atoms with Crippen molar-refractivity contribution in [2.45, 2.75) is 79.6 Å².